The molecule has 0 saturated heterocycles. The van der Waals surface area contributed by atoms with E-state index < -0.39 is 0 Å². The van der Waals surface area contributed by atoms with Gasteiger partial charge < -0.3 is 4.74 Å². The molecule has 0 fully saturated rings. The molecule has 0 amide bonds. The van der Waals surface area contributed by atoms with E-state index in [1.165, 1.54) is 11.1 Å². The van der Waals surface area contributed by atoms with Gasteiger partial charge in [-0.05, 0) is 17.2 Å². The standard InChI is InChI=1S/C16H14O/c1-3-7-13(8-4-1)15-11-12-17-16(15)14-9-5-2-6-10-14/h1-12,15-16H. The van der Waals surface area contributed by atoms with E-state index in [1.54, 1.807) is 0 Å². The fourth-order valence-electron chi connectivity index (χ4n) is 2.29. The lowest BCUT2D eigenvalue weighted by Gasteiger charge is -2.19. The lowest BCUT2D eigenvalue weighted by Crippen LogP contribution is -2.06. The zero-order chi connectivity index (χ0) is 11.5. The van der Waals surface area contributed by atoms with E-state index in [9.17, 15) is 0 Å². The Morgan fingerprint density at radius 1 is 0.706 bits per heavy atom. The number of hydrogen-bond donors (Lipinski definition) is 0. The molecule has 84 valence electrons. The van der Waals surface area contributed by atoms with Crippen molar-refractivity contribution in [2.45, 2.75) is 12.0 Å². The van der Waals surface area contributed by atoms with Gasteiger partial charge in [0, 0.05) is 5.92 Å². The summed E-state index contributed by atoms with van der Waals surface area (Å²) in [6, 6.07) is 20.9. The van der Waals surface area contributed by atoms with Crippen molar-refractivity contribution in [3.05, 3.63) is 84.1 Å². The van der Waals surface area contributed by atoms with Crippen LogP contribution in [0.1, 0.15) is 23.1 Å². The highest BCUT2D eigenvalue weighted by Crippen LogP contribution is 2.39. The van der Waals surface area contributed by atoms with Gasteiger partial charge >= 0.3 is 0 Å². The van der Waals surface area contributed by atoms with Crippen LogP contribution in [0.5, 0.6) is 0 Å². The number of hydrogen-bond acceptors (Lipinski definition) is 1. The molecule has 1 aliphatic rings. The van der Waals surface area contributed by atoms with E-state index in [0.29, 0.717) is 5.92 Å². The summed E-state index contributed by atoms with van der Waals surface area (Å²) in [5, 5.41) is 0. The molecule has 17 heavy (non-hydrogen) atoms. The minimum Gasteiger partial charge on any atom is -0.493 e. The average molecular weight is 222 g/mol. The first kappa shape index (κ1) is 10.2. The van der Waals surface area contributed by atoms with Gasteiger partial charge in [0.05, 0.1) is 6.26 Å². The highest BCUT2D eigenvalue weighted by Gasteiger charge is 2.27. The number of benzene rings is 2. The molecule has 0 bridgehead atoms. The molecule has 0 saturated carbocycles. The predicted molar refractivity (Wildman–Crippen MR) is 68.6 cm³/mol. The van der Waals surface area contributed by atoms with Crippen molar-refractivity contribution in [2.75, 3.05) is 0 Å². The van der Waals surface area contributed by atoms with Crippen molar-refractivity contribution in [1.29, 1.82) is 0 Å². The van der Waals surface area contributed by atoms with E-state index >= 15 is 0 Å². The highest BCUT2D eigenvalue weighted by molar-refractivity contribution is 5.32. The van der Waals surface area contributed by atoms with Gasteiger partial charge in [-0.15, -0.1) is 0 Å². The zero-order valence-corrected chi connectivity index (χ0v) is 9.49. The summed E-state index contributed by atoms with van der Waals surface area (Å²) in [6.07, 6.45) is 4.06. The molecule has 2 atom stereocenters. The Morgan fingerprint density at radius 2 is 1.29 bits per heavy atom. The Bertz CT molecular complexity index is 502. The Labute approximate surface area is 101 Å². The number of rotatable bonds is 2. The van der Waals surface area contributed by atoms with Crippen molar-refractivity contribution < 1.29 is 4.74 Å². The van der Waals surface area contributed by atoms with Gasteiger partial charge in [0.1, 0.15) is 6.10 Å². The first-order valence-corrected chi connectivity index (χ1v) is 5.87. The monoisotopic (exact) mass is 222 g/mol. The maximum absolute atomic E-state index is 5.73. The molecular weight excluding hydrogens is 208 g/mol. The minimum absolute atomic E-state index is 0.110. The van der Waals surface area contributed by atoms with Crippen LogP contribution in [0.3, 0.4) is 0 Å². The molecule has 0 N–H and O–H groups in total. The van der Waals surface area contributed by atoms with Crippen LogP contribution in [0.25, 0.3) is 0 Å². The largest absolute Gasteiger partial charge is 0.493 e. The van der Waals surface area contributed by atoms with Gasteiger partial charge in [0.25, 0.3) is 0 Å². The average Bonchev–Trinajstić information content (AvgIpc) is 2.90. The van der Waals surface area contributed by atoms with Crippen LogP contribution in [0.4, 0.5) is 0 Å². The van der Waals surface area contributed by atoms with Crippen LogP contribution in [0.2, 0.25) is 0 Å². The summed E-state index contributed by atoms with van der Waals surface area (Å²) in [4.78, 5) is 0. The van der Waals surface area contributed by atoms with E-state index in [-0.39, 0.29) is 6.10 Å². The van der Waals surface area contributed by atoms with Gasteiger partial charge in [-0.25, -0.2) is 0 Å². The molecule has 2 aromatic carbocycles. The first-order valence-electron chi connectivity index (χ1n) is 5.87. The van der Waals surface area contributed by atoms with Crippen molar-refractivity contribution in [2.24, 2.45) is 0 Å². The third-order valence-electron chi connectivity index (χ3n) is 3.15. The van der Waals surface area contributed by atoms with Crippen LogP contribution in [0, 0.1) is 0 Å². The molecule has 2 aromatic rings. The summed E-state index contributed by atoms with van der Waals surface area (Å²) in [6.45, 7) is 0. The molecule has 0 aliphatic carbocycles. The molecule has 3 rings (SSSR count). The molecular formula is C16H14O. The maximum Gasteiger partial charge on any atom is 0.133 e. The Morgan fingerprint density at radius 3 is 1.94 bits per heavy atom. The van der Waals surface area contributed by atoms with Crippen molar-refractivity contribution >= 4 is 0 Å². The second-order valence-corrected chi connectivity index (χ2v) is 4.23. The zero-order valence-electron chi connectivity index (χ0n) is 9.49. The SMILES string of the molecule is C1=CC(c2ccccc2)C(c2ccccc2)O1. The van der Waals surface area contributed by atoms with Crippen LogP contribution < -0.4 is 0 Å². The molecule has 0 radical (unpaired) electrons. The third kappa shape index (κ3) is 1.96. The van der Waals surface area contributed by atoms with Gasteiger partial charge in [0.15, 0.2) is 0 Å². The second kappa shape index (κ2) is 4.46. The van der Waals surface area contributed by atoms with Gasteiger partial charge in [-0.1, -0.05) is 60.7 Å². The summed E-state index contributed by atoms with van der Waals surface area (Å²) in [5.74, 6) is 0.318. The van der Waals surface area contributed by atoms with E-state index in [0.717, 1.165) is 0 Å². The topological polar surface area (TPSA) is 9.23 Å². The smallest absolute Gasteiger partial charge is 0.133 e. The highest BCUT2D eigenvalue weighted by atomic mass is 16.5. The van der Waals surface area contributed by atoms with Gasteiger partial charge in [0.2, 0.25) is 0 Å². The lowest BCUT2D eigenvalue weighted by molar-refractivity contribution is 0.159. The van der Waals surface area contributed by atoms with E-state index in [4.69, 9.17) is 4.74 Å². The van der Waals surface area contributed by atoms with E-state index in [1.807, 2.05) is 18.4 Å². The summed E-state index contributed by atoms with van der Waals surface area (Å²) < 4.78 is 5.73. The van der Waals surface area contributed by atoms with Gasteiger partial charge in [-0.2, -0.15) is 0 Å². The van der Waals surface area contributed by atoms with Crippen molar-refractivity contribution in [3.8, 4) is 0 Å². The van der Waals surface area contributed by atoms with Crippen LogP contribution in [0.15, 0.2) is 73.0 Å². The molecule has 1 aliphatic heterocycles. The van der Waals surface area contributed by atoms with Crippen molar-refractivity contribution in [3.63, 3.8) is 0 Å². The lowest BCUT2D eigenvalue weighted by atomic mass is 9.90. The minimum atomic E-state index is 0.110. The van der Waals surface area contributed by atoms with Crippen LogP contribution in [-0.4, -0.2) is 0 Å². The molecule has 1 heteroatoms. The molecule has 0 aromatic heterocycles. The fourth-order valence-corrected chi connectivity index (χ4v) is 2.29. The third-order valence-corrected chi connectivity index (χ3v) is 3.15. The molecule has 2 unspecified atom stereocenters. The first-order chi connectivity index (χ1) is 8.45. The predicted octanol–water partition coefficient (Wildman–Crippen LogP) is 4.06. The second-order valence-electron chi connectivity index (χ2n) is 4.23. The maximum atomic E-state index is 5.73. The number of ether oxygens (including phenoxy) is 1. The van der Waals surface area contributed by atoms with Crippen molar-refractivity contribution in [1.82, 2.24) is 0 Å². The van der Waals surface area contributed by atoms with Crippen LogP contribution >= 0.6 is 0 Å². The van der Waals surface area contributed by atoms with E-state index in [2.05, 4.69) is 54.6 Å². The fraction of sp³-hybridized carbons (Fsp3) is 0.125. The summed E-state index contributed by atoms with van der Waals surface area (Å²) in [5.41, 5.74) is 2.53. The Kier molecular flexibility index (Phi) is 2.66. The molecule has 1 nitrogen and oxygen atoms in total. The quantitative estimate of drug-likeness (QED) is 0.744. The molecule has 0 spiro atoms. The normalized spacial score (nSPS) is 22.4. The van der Waals surface area contributed by atoms with Crippen LogP contribution in [-0.2, 0) is 4.74 Å². The molecule has 1 heterocycles. The Hall–Kier alpha value is -2.02. The summed E-state index contributed by atoms with van der Waals surface area (Å²) >= 11 is 0. The Balaban J connectivity index is 1.93. The van der Waals surface area contributed by atoms with Gasteiger partial charge in [-0.3, -0.25) is 0 Å². The summed E-state index contributed by atoms with van der Waals surface area (Å²) in [7, 11) is 0.